The van der Waals surface area contributed by atoms with E-state index in [1.54, 1.807) is 0 Å². The van der Waals surface area contributed by atoms with Gasteiger partial charge < -0.3 is 4.40 Å². The maximum atomic E-state index is 2.49. The molecule has 0 radical (unpaired) electrons. The lowest BCUT2D eigenvalue weighted by atomic mass is 9.92. The third kappa shape index (κ3) is 4.55. The molecule has 0 aliphatic rings. The lowest BCUT2D eigenvalue weighted by Gasteiger charge is -2.12. The molecule has 0 amide bonds. The summed E-state index contributed by atoms with van der Waals surface area (Å²) in [5.41, 5.74) is 17.4. The van der Waals surface area contributed by atoms with Gasteiger partial charge in [0.1, 0.15) is 0 Å². The largest absolute Gasteiger partial charge is 0.308 e. The molecule has 1 nitrogen and oxygen atoms in total. The van der Waals surface area contributed by atoms with Crippen LogP contribution in [0.25, 0.3) is 93.7 Å². The van der Waals surface area contributed by atoms with E-state index in [2.05, 4.69) is 193 Å². The zero-order valence-corrected chi connectivity index (χ0v) is 27.8. The van der Waals surface area contributed by atoms with E-state index in [4.69, 9.17) is 0 Å². The monoisotopic (exact) mass is 635 g/mol. The highest BCUT2D eigenvalue weighted by molar-refractivity contribution is 6.25. The molecule has 10 aromatic rings. The average molecular weight is 636 g/mol. The van der Waals surface area contributed by atoms with Gasteiger partial charge in [-0.3, -0.25) is 0 Å². The molecule has 8 aromatic carbocycles. The average Bonchev–Trinajstić information content (AvgIpc) is 3.70. The van der Waals surface area contributed by atoms with E-state index >= 15 is 0 Å². The van der Waals surface area contributed by atoms with Gasteiger partial charge in [0.05, 0.1) is 16.6 Å². The predicted molar refractivity (Wildman–Crippen MR) is 213 cm³/mol. The molecule has 0 saturated carbocycles. The third-order valence-electron chi connectivity index (χ3n) is 10.5. The van der Waals surface area contributed by atoms with Crippen molar-refractivity contribution in [3.63, 3.8) is 0 Å². The van der Waals surface area contributed by atoms with Crippen LogP contribution in [0.2, 0.25) is 0 Å². The Morgan fingerprint density at radius 1 is 0.300 bits per heavy atom. The van der Waals surface area contributed by atoms with Crippen LogP contribution in [-0.2, 0) is 0 Å². The van der Waals surface area contributed by atoms with Gasteiger partial charge in [0.15, 0.2) is 0 Å². The topological polar surface area (TPSA) is 4.41 Å². The molecule has 0 saturated heterocycles. The zero-order valence-electron chi connectivity index (χ0n) is 27.8. The summed E-state index contributed by atoms with van der Waals surface area (Å²) in [6.45, 7) is 2.22. The molecule has 10 rings (SSSR count). The van der Waals surface area contributed by atoms with Crippen LogP contribution in [0.3, 0.4) is 0 Å². The van der Waals surface area contributed by atoms with Crippen LogP contribution in [0.5, 0.6) is 0 Å². The summed E-state index contributed by atoms with van der Waals surface area (Å²) in [6, 6.07) is 66.7. The minimum absolute atomic E-state index is 1.23. The highest BCUT2D eigenvalue weighted by Crippen LogP contribution is 2.44. The molecule has 0 bridgehead atoms. The van der Waals surface area contributed by atoms with Crippen molar-refractivity contribution < 1.29 is 0 Å². The summed E-state index contributed by atoms with van der Waals surface area (Å²) in [4.78, 5) is 0. The Morgan fingerprint density at radius 3 is 1.32 bits per heavy atom. The highest BCUT2D eigenvalue weighted by Gasteiger charge is 2.20. The van der Waals surface area contributed by atoms with Gasteiger partial charge in [-0.15, -0.1) is 0 Å². The SMILES string of the molecule is Cc1ccc(-c2cccc(-c3ccccc3)c2)cc1-c1ccc2c(c1)c1cc(-c3ccccc3)cc3c4cc(-c5ccccc5)ccc4n2c31. The quantitative estimate of drug-likeness (QED) is 0.177. The Bertz CT molecular complexity index is 2840. The van der Waals surface area contributed by atoms with Crippen LogP contribution >= 0.6 is 0 Å². The number of benzene rings is 8. The molecular formula is C49H33N. The van der Waals surface area contributed by atoms with Crippen LogP contribution in [0.4, 0.5) is 0 Å². The number of aryl methyl sites for hydroxylation is 1. The molecule has 0 fully saturated rings. The minimum atomic E-state index is 1.23. The van der Waals surface area contributed by atoms with E-state index < -0.39 is 0 Å². The molecule has 2 heterocycles. The Morgan fingerprint density at radius 2 is 0.720 bits per heavy atom. The lowest BCUT2D eigenvalue weighted by Crippen LogP contribution is -1.88. The Hall–Kier alpha value is -6.44. The molecular weight excluding hydrogens is 603 g/mol. The van der Waals surface area contributed by atoms with Crippen LogP contribution in [0.1, 0.15) is 5.56 Å². The van der Waals surface area contributed by atoms with E-state index in [1.165, 1.54) is 99.3 Å². The first-order chi connectivity index (χ1) is 24.7. The van der Waals surface area contributed by atoms with E-state index in [9.17, 15) is 0 Å². The molecule has 0 aliphatic heterocycles. The van der Waals surface area contributed by atoms with Gasteiger partial charge in [0.25, 0.3) is 0 Å². The first-order valence-electron chi connectivity index (χ1n) is 17.3. The van der Waals surface area contributed by atoms with E-state index in [0.29, 0.717) is 0 Å². The number of fused-ring (bicyclic) bond motifs is 6. The highest BCUT2D eigenvalue weighted by atomic mass is 14.9. The summed E-state index contributed by atoms with van der Waals surface area (Å²) in [5.74, 6) is 0. The molecule has 0 atom stereocenters. The van der Waals surface area contributed by atoms with E-state index in [0.717, 1.165) is 0 Å². The van der Waals surface area contributed by atoms with Crippen molar-refractivity contribution >= 4 is 38.1 Å². The van der Waals surface area contributed by atoms with Gasteiger partial charge in [-0.1, -0.05) is 133 Å². The number of nitrogens with zero attached hydrogens (tertiary/aromatic N) is 1. The fraction of sp³-hybridized carbons (Fsp3) is 0.0204. The summed E-state index contributed by atoms with van der Waals surface area (Å²) >= 11 is 0. The van der Waals surface area contributed by atoms with Crippen LogP contribution < -0.4 is 0 Å². The predicted octanol–water partition coefficient (Wildman–Crippen LogP) is 13.5. The number of hydrogen-bond donors (Lipinski definition) is 0. The number of aromatic nitrogens is 1. The molecule has 0 aliphatic carbocycles. The van der Waals surface area contributed by atoms with E-state index in [-0.39, 0.29) is 0 Å². The maximum Gasteiger partial charge on any atom is 0.0620 e. The van der Waals surface area contributed by atoms with Gasteiger partial charge in [0.2, 0.25) is 0 Å². The van der Waals surface area contributed by atoms with Crippen LogP contribution in [0.15, 0.2) is 182 Å². The minimum Gasteiger partial charge on any atom is -0.308 e. The van der Waals surface area contributed by atoms with Crippen molar-refractivity contribution in [2.75, 3.05) is 0 Å². The smallest absolute Gasteiger partial charge is 0.0620 e. The Labute approximate surface area is 291 Å². The second-order valence-electron chi connectivity index (χ2n) is 13.4. The molecule has 234 valence electrons. The first kappa shape index (κ1) is 28.6. The van der Waals surface area contributed by atoms with E-state index in [1.807, 2.05) is 0 Å². The van der Waals surface area contributed by atoms with Crippen LogP contribution in [-0.4, -0.2) is 4.40 Å². The van der Waals surface area contributed by atoms with Crippen molar-refractivity contribution in [3.05, 3.63) is 188 Å². The van der Waals surface area contributed by atoms with Crippen molar-refractivity contribution in [1.29, 1.82) is 0 Å². The third-order valence-corrected chi connectivity index (χ3v) is 10.5. The van der Waals surface area contributed by atoms with Gasteiger partial charge in [-0.2, -0.15) is 0 Å². The zero-order chi connectivity index (χ0) is 33.2. The van der Waals surface area contributed by atoms with Gasteiger partial charge in [0, 0.05) is 21.5 Å². The fourth-order valence-electron chi connectivity index (χ4n) is 7.95. The van der Waals surface area contributed by atoms with Gasteiger partial charge >= 0.3 is 0 Å². The molecule has 50 heavy (non-hydrogen) atoms. The van der Waals surface area contributed by atoms with Crippen molar-refractivity contribution in [1.82, 2.24) is 4.40 Å². The maximum absolute atomic E-state index is 2.49. The summed E-state index contributed by atoms with van der Waals surface area (Å²) < 4.78 is 2.49. The Balaban J connectivity index is 1.18. The molecule has 0 N–H and O–H groups in total. The van der Waals surface area contributed by atoms with Crippen LogP contribution in [0, 0.1) is 6.92 Å². The Kier molecular flexibility index (Phi) is 6.47. The van der Waals surface area contributed by atoms with Crippen molar-refractivity contribution in [2.24, 2.45) is 0 Å². The molecule has 0 spiro atoms. The lowest BCUT2D eigenvalue weighted by molar-refractivity contribution is 1.37. The normalized spacial score (nSPS) is 11.7. The van der Waals surface area contributed by atoms with Crippen molar-refractivity contribution in [2.45, 2.75) is 6.92 Å². The first-order valence-corrected chi connectivity index (χ1v) is 17.3. The second kappa shape index (κ2) is 11.3. The van der Waals surface area contributed by atoms with Gasteiger partial charge in [-0.05, 0) is 117 Å². The standard InChI is InChI=1S/C49H33N/c1-32-20-21-39(37-19-11-18-36(26-37)33-12-5-2-6-13-33)27-42(32)40-23-25-48-44(29-40)46-31-41(35-16-9-4-10-17-35)30-45-43-28-38(34-14-7-3-8-15-34)22-24-47(43)50(48)49(45)46/h2-31H,1H3. The number of hydrogen-bond acceptors (Lipinski definition) is 0. The summed E-state index contributed by atoms with van der Waals surface area (Å²) in [5, 5.41) is 5.16. The molecule has 0 unspecified atom stereocenters. The number of rotatable bonds is 5. The van der Waals surface area contributed by atoms with Crippen molar-refractivity contribution in [3.8, 4) is 55.6 Å². The van der Waals surface area contributed by atoms with Gasteiger partial charge in [-0.25, -0.2) is 0 Å². The second-order valence-corrected chi connectivity index (χ2v) is 13.4. The summed E-state index contributed by atoms with van der Waals surface area (Å²) in [7, 11) is 0. The molecule has 2 aromatic heterocycles. The molecule has 1 heteroatoms. The summed E-state index contributed by atoms with van der Waals surface area (Å²) in [6.07, 6.45) is 0. The fourth-order valence-corrected chi connectivity index (χ4v) is 7.95.